The van der Waals surface area contributed by atoms with E-state index in [1.165, 1.54) is 23.0 Å². The first-order chi connectivity index (χ1) is 11.1. The Balaban J connectivity index is 1.83. The molecule has 2 aliphatic rings. The van der Waals surface area contributed by atoms with Crippen LogP contribution in [-0.4, -0.2) is 53.7 Å². The standard InChI is InChI=1S/C13H10N4O5S/c18-4-6-9(19)17-10(22-13(20)21)12(23-11(6)17)16-5-15-8-7(16)2-1-3-14-8/h1-3,5-6,11,18H,4H2,(H,20,21)/t6-,11+/m0/s1. The molecule has 9 nitrogen and oxygen atoms in total. The minimum atomic E-state index is -1.51. The Morgan fingerprint density at radius 3 is 3.00 bits per heavy atom. The van der Waals surface area contributed by atoms with Crippen LogP contribution in [0.15, 0.2) is 30.5 Å². The van der Waals surface area contributed by atoms with Crippen molar-refractivity contribution >= 4 is 40.0 Å². The summed E-state index contributed by atoms with van der Waals surface area (Å²) in [7, 11) is 0. The number of thioether (sulfide) groups is 1. The lowest BCUT2D eigenvalue weighted by Gasteiger charge is -2.40. The maximum absolute atomic E-state index is 12.1. The Hall–Kier alpha value is -2.59. The molecule has 2 aliphatic heterocycles. The summed E-state index contributed by atoms with van der Waals surface area (Å²) in [5, 5.41) is 18.3. The van der Waals surface area contributed by atoms with Crippen LogP contribution in [0.5, 0.6) is 0 Å². The average Bonchev–Trinajstić information content (AvgIpc) is 3.06. The van der Waals surface area contributed by atoms with Gasteiger partial charge in [0.15, 0.2) is 5.65 Å². The van der Waals surface area contributed by atoms with Crippen LogP contribution in [0.4, 0.5) is 4.79 Å². The van der Waals surface area contributed by atoms with Gasteiger partial charge in [0.1, 0.15) is 16.7 Å². The van der Waals surface area contributed by atoms with E-state index < -0.39 is 12.1 Å². The topological polar surface area (TPSA) is 118 Å². The zero-order valence-corrected chi connectivity index (χ0v) is 12.3. The molecular formula is C13H10N4O5S. The van der Waals surface area contributed by atoms with Gasteiger partial charge in [0, 0.05) is 6.20 Å². The fourth-order valence-electron chi connectivity index (χ4n) is 2.66. The Bertz CT molecular complexity index is 863. The van der Waals surface area contributed by atoms with Gasteiger partial charge >= 0.3 is 6.16 Å². The summed E-state index contributed by atoms with van der Waals surface area (Å²) in [6.45, 7) is -0.299. The largest absolute Gasteiger partial charge is 0.512 e. The van der Waals surface area contributed by atoms with Crippen molar-refractivity contribution in [2.24, 2.45) is 5.92 Å². The van der Waals surface area contributed by atoms with E-state index in [4.69, 9.17) is 9.84 Å². The Kier molecular flexibility index (Phi) is 3.03. The van der Waals surface area contributed by atoms with E-state index in [0.29, 0.717) is 16.2 Å². The van der Waals surface area contributed by atoms with Crippen LogP contribution in [0.3, 0.4) is 0 Å². The summed E-state index contributed by atoms with van der Waals surface area (Å²) >= 11 is 1.25. The third kappa shape index (κ3) is 1.92. The van der Waals surface area contributed by atoms with Crippen molar-refractivity contribution < 1.29 is 24.5 Å². The fourth-order valence-corrected chi connectivity index (χ4v) is 4.06. The van der Waals surface area contributed by atoms with Gasteiger partial charge in [-0.3, -0.25) is 14.3 Å². The van der Waals surface area contributed by atoms with Crippen molar-refractivity contribution in [1.82, 2.24) is 19.4 Å². The number of ether oxygens (including phenoxy) is 1. The molecule has 4 heterocycles. The van der Waals surface area contributed by atoms with Crippen LogP contribution < -0.4 is 0 Å². The molecule has 1 fully saturated rings. The second-order valence-corrected chi connectivity index (χ2v) is 6.05. The number of aliphatic hydroxyl groups excluding tert-OH is 1. The van der Waals surface area contributed by atoms with Crippen LogP contribution in [0.2, 0.25) is 0 Å². The lowest BCUT2D eigenvalue weighted by atomic mass is 10.00. The van der Waals surface area contributed by atoms with Gasteiger partial charge in [0.05, 0.1) is 18.0 Å². The smallest absolute Gasteiger partial charge is 0.449 e. The van der Waals surface area contributed by atoms with Crippen LogP contribution >= 0.6 is 11.8 Å². The summed E-state index contributed by atoms with van der Waals surface area (Å²) in [4.78, 5) is 32.5. The molecule has 1 amide bonds. The molecule has 23 heavy (non-hydrogen) atoms. The highest BCUT2D eigenvalue weighted by molar-refractivity contribution is 8.08. The number of imidazole rings is 1. The average molecular weight is 334 g/mol. The van der Waals surface area contributed by atoms with Gasteiger partial charge in [0.2, 0.25) is 11.8 Å². The summed E-state index contributed by atoms with van der Waals surface area (Å²) in [5.74, 6) is -0.998. The van der Waals surface area contributed by atoms with Crippen molar-refractivity contribution in [3.05, 3.63) is 30.5 Å². The van der Waals surface area contributed by atoms with Crippen LogP contribution in [0, 0.1) is 5.92 Å². The molecule has 2 aromatic rings. The summed E-state index contributed by atoms with van der Waals surface area (Å²) in [6.07, 6.45) is 1.58. The molecule has 10 heteroatoms. The number of amides is 1. The minimum Gasteiger partial charge on any atom is -0.449 e. The van der Waals surface area contributed by atoms with Crippen LogP contribution in [0.25, 0.3) is 16.2 Å². The fraction of sp³-hybridized carbons (Fsp3) is 0.231. The zero-order chi connectivity index (χ0) is 16.1. The number of carbonyl (C=O) groups is 2. The SMILES string of the molecule is O=C(O)OC1=C(n2cnc3ncccc32)S[C@@H]2[C@@H](CO)C(=O)N12. The number of β-lactam (4-membered cyclic amide) rings is 1. The Labute approximate surface area is 133 Å². The predicted octanol–water partition coefficient (Wildman–Crippen LogP) is 0.733. The molecule has 0 aliphatic carbocycles. The normalized spacial score (nSPS) is 23.2. The summed E-state index contributed by atoms with van der Waals surface area (Å²) in [5.41, 5.74) is 1.16. The van der Waals surface area contributed by atoms with Crippen molar-refractivity contribution in [1.29, 1.82) is 0 Å². The van der Waals surface area contributed by atoms with Gasteiger partial charge < -0.3 is 14.9 Å². The number of aliphatic hydroxyl groups is 1. The molecule has 0 aromatic carbocycles. The van der Waals surface area contributed by atoms with Crippen molar-refractivity contribution in [2.75, 3.05) is 6.61 Å². The number of hydrogen-bond acceptors (Lipinski definition) is 7. The van der Waals surface area contributed by atoms with Gasteiger partial charge in [-0.1, -0.05) is 11.8 Å². The van der Waals surface area contributed by atoms with Crippen molar-refractivity contribution in [2.45, 2.75) is 5.37 Å². The van der Waals surface area contributed by atoms with E-state index in [1.54, 1.807) is 22.9 Å². The zero-order valence-electron chi connectivity index (χ0n) is 11.5. The molecule has 2 atom stereocenters. The molecule has 118 valence electrons. The summed E-state index contributed by atoms with van der Waals surface area (Å²) in [6, 6.07) is 3.51. The van der Waals surface area contributed by atoms with Crippen LogP contribution in [-0.2, 0) is 9.53 Å². The highest BCUT2D eigenvalue weighted by atomic mass is 32.2. The summed E-state index contributed by atoms with van der Waals surface area (Å²) < 4.78 is 6.45. The molecule has 0 bridgehead atoms. The van der Waals surface area contributed by atoms with E-state index in [0.717, 1.165) is 0 Å². The maximum atomic E-state index is 12.1. The number of aromatic nitrogens is 3. The Morgan fingerprint density at radius 1 is 1.43 bits per heavy atom. The predicted molar refractivity (Wildman–Crippen MR) is 78.7 cm³/mol. The molecule has 1 saturated heterocycles. The van der Waals surface area contributed by atoms with E-state index in [1.807, 2.05) is 0 Å². The number of fused-ring (bicyclic) bond motifs is 2. The second kappa shape index (κ2) is 4.96. The number of carboxylic acid groups (broad SMARTS) is 1. The minimum absolute atomic E-state index is 0.0645. The highest BCUT2D eigenvalue weighted by Gasteiger charge is 2.56. The van der Waals surface area contributed by atoms with E-state index in [9.17, 15) is 14.7 Å². The molecular weight excluding hydrogens is 324 g/mol. The molecule has 0 saturated carbocycles. The maximum Gasteiger partial charge on any atom is 0.512 e. The van der Waals surface area contributed by atoms with Crippen molar-refractivity contribution in [3.63, 3.8) is 0 Å². The first kappa shape index (κ1) is 14.0. The molecule has 4 rings (SSSR count). The highest BCUT2D eigenvalue weighted by Crippen LogP contribution is 2.51. The van der Waals surface area contributed by atoms with Gasteiger partial charge in [-0.25, -0.2) is 14.8 Å². The number of nitrogens with zero attached hydrogens (tertiary/aromatic N) is 4. The molecule has 0 radical (unpaired) electrons. The number of pyridine rings is 1. The van der Waals surface area contributed by atoms with E-state index in [-0.39, 0.29) is 23.8 Å². The molecule has 2 N–H and O–H groups in total. The quantitative estimate of drug-likeness (QED) is 0.623. The third-order valence-electron chi connectivity index (χ3n) is 3.71. The number of hydrogen-bond donors (Lipinski definition) is 2. The van der Waals surface area contributed by atoms with Gasteiger partial charge in [-0.15, -0.1) is 0 Å². The molecule has 0 spiro atoms. The number of carbonyl (C=O) groups excluding carboxylic acids is 1. The lowest BCUT2D eigenvalue weighted by molar-refractivity contribution is -0.151. The first-order valence-corrected chi connectivity index (χ1v) is 7.54. The van der Waals surface area contributed by atoms with Gasteiger partial charge in [-0.05, 0) is 12.1 Å². The molecule has 0 unspecified atom stereocenters. The van der Waals surface area contributed by atoms with Gasteiger partial charge in [0.25, 0.3) is 0 Å². The monoisotopic (exact) mass is 334 g/mol. The van der Waals surface area contributed by atoms with E-state index >= 15 is 0 Å². The van der Waals surface area contributed by atoms with Crippen LogP contribution in [0.1, 0.15) is 0 Å². The first-order valence-electron chi connectivity index (χ1n) is 6.66. The van der Waals surface area contributed by atoms with Gasteiger partial charge in [-0.2, -0.15) is 0 Å². The van der Waals surface area contributed by atoms with Crippen molar-refractivity contribution in [3.8, 4) is 0 Å². The third-order valence-corrected chi connectivity index (χ3v) is 5.08. The second-order valence-electron chi connectivity index (χ2n) is 4.94. The Morgan fingerprint density at radius 2 is 2.26 bits per heavy atom. The number of rotatable bonds is 3. The lowest BCUT2D eigenvalue weighted by Crippen LogP contribution is -2.58. The van der Waals surface area contributed by atoms with E-state index in [2.05, 4.69) is 9.97 Å². The molecule has 2 aromatic heterocycles.